The third-order valence-electron chi connectivity index (χ3n) is 3.84. The molecule has 132 valence electrons. The lowest BCUT2D eigenvalue weighted by molar-refractivity contribution is 0.102. The van der Waals surface area contributed by atoms with Crippen molar-refractivity contribution in [3.63, 3.8) is 0 Å². The van der Waals surface area contributed by atoms with E-state index in [9.17, 15) is 4.79 Å². The monoisotopic (exact) mass is 362 g/mol. The van der Waals surface area contributed by atoms with Crippen molar-refractivity contribution >= 4 is 29.1 Å². The fraction of sp³-hybridized carbons (Fsp3) is 0.353. The molecule has 1 unspecified atom stereocenters. The number of halogens is 1. The van der Waals surface area contributed by atoms with Gasteiger partial charge in [0.25, 0.3) is 5.91 Å². The van der Waals surface area contributed by atoms with Crippen LogP contribution in [0.3, 0.4) is 0 Å². The van der Waals surface area contributed by atoms with Crippen LogP contribution < -0.4 is 15.4 Å². The topological polar surface area (TPSA) is 85.4 Å². The molecule has 8 heteroatoms. The van der Waals surface area contributed by atoms with Crippen LogP contribution in [-0.4, -0.2) is 42.2 Å². The summed E-state index contributed by atoms with van der Waals surface area (Å²) in [7, 11) is 1.52. The van der Waals surface area contributed by atoms with E-state index in [1.165, 1.54) is 19.5 Å². The Balaban J connectivity index is 1.61. The highest BCUT2D eigenvalue weighted by molar-refractivity contribution is 6.31. The molecule has 1 amide bonds. The average Bonchev–Trinajstić information content (AvgIpc) is 3.14. The number of carbonyl (C=O) groups excluding carboxylic acids is 1. The predicted molar refractivity (Wildman–Crippen MR) is 95.5 cm³/mol. The maximum absolute atomic E-state index is 12.3. The molecule has 1 fully saturated rings. The summed E-state index contributed by atoms with van der Waals surface area (Å²) in [5, 5.41) is 6.36. The Morgan fingerprint density at radius 3 is 2.88 bits per heavy atom. The van der Waals surface area contributed by atoms with Crippen molar-refractivity contribution in [2.75, 3.05) is 30.9 Å². The summed E-state index contributed by atoms with van der Waals surface area (Å²) in [5.41, 5.74) is 0.824. The van der Waals surface area contributed by atoms with E-state index in [4.69, 9.17) is 21.1 Å². The highest BCUT2D eigenvalue weighted by Crippen LogP contribution is 2.28. The Labute approximate surface area is 150 Å². The van der Waals surface area contributed by atoms with E-state index in [2.05, 4.69) is 20.6 Å². The van der Waals surface area contributed by atoms with Crippen molar-refractivity contribution in [2.24, 2.45) is 0 Å². The molecule has 7 nitrogen and oxygen atoms in total. The molecule has 1 aliphatic rings. The lowest BCUT2D eigenvalue weighted by Gasteiger charge is -2.11. The van der Waals surface area contributed by atoms with Crippen molar-refractivity contribution in [2.45, 2.75) is 18.9 Å². The number of methoxy groups -OCH3 is 1. The Bertz CT molecular complexity index is 733. The SMILES string of the molecule is COc1ccc(Cl)cc1NC(=O)c1cnc(NCC2CCCO2)nc1. The van der Waals surface area contributed by atoms with Gasteiger partial charge in [0.15, 0.2) is 0 Å². The van der Waals surface area contributed by atoms with Gasteiger partial charge in [-0.1, -0.05) is 11.6 Å². The minimum absolute atomic E-state index is 0.196. The number of nitrogens with zero attached hydrogens (tertiary/aromatic N) is 2. The summed E-state index contributed by atoms with van der Waals surface area (Å²) < 4.78 is 10.7. The Morgan fingerprint density at radius 1 is 1.40 bits per heavy atom. The number of ether oxygens (including phenoxy) is 2. The van der Waals surface area contributed by atoms with Crippen LogP contribution >= 0.6 is 11.6 Å². The quantitative estimate of drug-likeness (QED) is 0.821. The maximum atomic E-state index is 12.3. The van der Waals surface area contributed by atoms with Crippen LogP contribution in [0, 0.1) is 0 Å². The predicted octanol–water partition coefficient (Wildman–Crippen LogP) is 2.98. The molecular formula is C17H19ClN4O3. The molecule has 3 rings (SSSR count). The standard InChI is InChI=1S/C17H19ClN4O3/c1-24-15-5-4-12(18)7-14(15)22-16(23)11-8-19-17(20-9-11)21-10-13-3-2-6-25-13/h4-5,7-9,13H,2-3,6,10H2,1H3,(H,22,23)(H,19,20,21). The molecule has 2 aromatic rings. The number of rotatable bonds is 6. The molecule has 1 saturated heterocycles. The van der Waals surface area contributed by atoms with E-state index in [1.54, 1.807) is 18.2 Å². The first-order valence-corrected chi connectivity index (χ1v) is 8.36. The number of benzene rings is 1. The number of hydrogen-bond acceptors (Lipinski definition) is 6. The highest BCUT2D eigenvalue weighted by Gasteiger charge is 2.16. The molecule has 2 heterocycles. The van der Waals surface area contributed by atoms with Gasteiger partial charge in [-0.3, -0.25) is 4.79 Å². The summed E-state index contributed by atoms with van der Waals surface area (Å²) in [6, 6.07) is 5.00. The van der Waals surface area contributed by atoms with Crippen LogP contribution in [0.1, 0.15) is 23.2 Å². The van der Waals surface area contributed by atoms with Crippen molar-refractivity contribution < 1.29 is 14.3 Å². The molecule has 1 aromatic carbocycles. The zero-order valence-electron chi connectivity index (χ0n) is 13.8. The van der Waals surface area contributed by atoms with Gasteiger partial charge in [0.2, 0.25) is 5.95 Å². The van der Waals surface area contributed by atoms with Gasteiger partial charge in [-0.2, -0.15) is 0 Å². The van der Waals surface area contributed by atoms with Gasteiger partial charge in [-0.05, 0) is 31.0 Å². The normalized spacial score (nSPS) is 16.5. The molecule has 25 heavy (non-hydrogen) atoms. The molecule has 0 bridgehead atoms. The lowest BCUT2D eigenvalue weighted by Crippen LogP contribution is -2.20. The molecule has 0 saturated carbocycles. The summed E-state index contributed by atoms with van der Waals surface area (Å²) >= 11 is 5.96. The minimum Gasteiger partial charge on any atom is -0.495 e. The van der Waals surface area contributed by atoms with Crippen LogP contribution in [-0.2, 0) is 4.74 Å². The van der Waals surface area contributed by atoms with Crippen molar-refractivity contribution in [1.29, 1.82) is 0 Å². The van der Waals surface area contributed by atoms with Gasteiger partial charge < -0.3 is 20.1 Å². The smallest absolute Gasteiger partial charge is 0.258 e. The molecule has 1 aromatic heterocycles. The molecular weight excluding hydrogens is 344 g/mol. The molecule has 0 spiro atoms. The number of amides is 1. The van der Waals surface area contributed by atoms with E-state index in [0.717, 1.165) is 19.4 Å². The van der Waals surface area contributed by atoms with Crippen LogP contribution in [0.25, 0.3) is 0 Å². The minimum atomic E-state index is -0.341. The molecule has 0 aliphatic carbocycles. The maximum Gasteiger partial charge on any atom is 0.258 e. The van der Waals surface area contributed by atoms with Crippen LogP contribution in [0.5, 0.6) is 5.75 Å². The van der Waals surface area contributed by atoms with Gasteiger partial charge in [-0.15, -0.1) is 0 Å². The third kappa shape index (κ3) is 4.58. The Hall–Kier alpha value is -2.38. The number of hydrogen-bond donors (Lipinski definition) is 2. The van der Waals surface area contributed by atoms with Gasteiger partial charge >= 0.3 is 0 Å². The average molecular weight is 363 g/mol. The van der Waals surface area contributed by atoms with Crippen molar-refractivity contribution in [3.8, 4) is 5.75 Å². The fourth-order valence-electron chi connectivity index (χ4n) is 2.52. The van der Waals surface area contributed by atoms with Gasteiger partial charge in [0.05, 0.1) is 24.5 Å². The summed E-state index contributed by atoms with van der Waals surface area (Å²) in [6.45, 7) is 1.46. The molecule has 1 aliphatic heterocycles. The second-order valence-electron chi connectivity index (χ2n) is 5.61. The van der Waals surface area contributed by atoms with Crippen LogP contribution in [0.15, 0.2) is 30.6 Å². The number of anilines is 2. The third-order valence-corrected chi connectivity index (χ3v) is 4.07. The molecule has 0 radical (unpaired) electrons. The zero-order chi connectivity index (χ0) is 17.6. The second kappa shape index (κ2) is 8.13. The van der Waals surface area contributed by atoms with E-state index >= 15 is 0 Å². The molecule has 2 N–H and O–H groups in total. The fourth-order valence-corrected chi connectivity index (χ4v) is 2.69. The van der Waals surface area contributed by atoms with E-state index < -0.39 is 0 Å². The largest absolute Gasteiger partial charge is 0.495 e. The number of nitrogens with one attached hydrogen (secondary N) is 2. The highest BCUT2D eigenvalue weighted by atomic mass is 35.5. The van der Waals surface area contributed by atoms with Crippen molar-refractivity contribution in [3.05, 3.63) is 41.2 Å². The van der Waals surface area contributed by atoms with Gasteiger partial charge in [0.1, 0.15) is 5.75 Å². The summed E-state index contributed by atoms with van der Waals surface area (Å²) in [6.07, 6.45) is 5.25. The first-order chi connectivity index (χ1) is 12.2. The second-order valence-corrected chi connectivity index (χ2v) is 6.05. The Kier molecular flexibility index (Phi) is 5.67. The van der Waals surface area contributed by atoms with Crippen LogP contribution in [0.2, 0.25) is 5.02 Å². The Morgan fingerprint density at radius 2 is 2.20 bits per heavy atom. The van der Waals surface area contributed by atoms with E-state index in [0.29, 0.717) is 34.5 Å². The zero-order valence-corrected chi connectivity index (χ0v) is 14.5. The van der Waals surface area contributed by atoms with E-state index in [-0.39, 0.29) is 12.0 Å². The van der Waals surface area contributed by atoms with Crippen LogP contribution in [0.4, 0.5) is 11.6 Å². The lowest BCUT2D eigenvalue weighted by atomic mass is 10.2. The van der Waals surface area contributed by atoms with Gasteiger partial charge in [-0.25, -0.2) is 9.97 Å². The number of carbonyl (C=O) groups is 1. The first-order valence-electron chi connectivity index (χ1n) is 7.98. The van der Waals surface area contributed by atoms with E-state index in [1.807, 2.05) is 0 Å². The summed E-state index contributed by atoms with van der Waals surface area (Å²) in [4.78, 5) is 20.7. The number of aromatic nitrogens is 2. The molecule has 1 atom stereocenters. The van der Waals surface area contributed by atoms with Gasteiger partial charge in [0, 0.05) is 30.6 Å². The first kappa shape index (κ1) is 17.4. The van der Waals surface area contributed by atoms with Crippen molar-refractivity contribution in [1.82, 2.24) is 9.97 Å². The summed E-state index contributed by atoms with van der Waals surface area (Å²) in [5.74, 6) is 0.646.